The van der Waals surface area contributed by atoms with E-state index in [2.05, 4.69) is 37.4 Å². The third-order valence-electron chi connectivity index (χ3n) is 9.00. The molecule has 0 bridgehead atoms. The Bertz CT molecular complexity index is 1270. The number of nitrogens with zero attached hydrogens (tertiary/aromatic N) is 5. The van der Waals surface area contributed by atoms with E-state index in [1.165, 1.54) is 6.07 Å². The summed E-state index contributed by atoms with van der Waals surface area (Å²) in [7, 11) is 2.11. The number of hydrogen-bond donors (Lipinski definition) is 4. The highest BCUT2D eigenvalue weighted by atomic mass is 19.4. The first-order chi connectivity index (χ1) is 20.5. The number of anilines is 4. The molecule has 3 fully saturated rings. The molecule has 1 saturated carbocycles. The Morgan fingerprint density at radius 2 is 1.67 bits per heavy atom. The summed E-state index contributed by atoms with van der Waals surface area (Å²) in [6.45, 7) is 6.99. The number of piperazine rings is 1. The van der Waals surface area contributed by atoms with Crippen molar-refractivity contribution >= 4 is 28.9 Å². The molecule has 2 saturated heterocycles. The molecular weight excluding hydrogens is 561 g/mol. The first-order valence-corrected chi connectivity index (χ1v) is 15.3. The number of likely N-dealkylation sites (N-methyl/N-ethyl adjacent to an activating group) is 1. The number of carbonyl (C=O) groups excluding carboxylic acids is 1. The van der Waals surface area contributed by atoms with E-state index in [1.807, 2.05) is 11.8 Å². The van der Waals surface area contributed by atoms with Crippen molar-refractivity contribution in [3.63, 3.8) is 0 Å². The van der Waals surface area contributed by atoms with Gasteiger partial charge in [0.2, 0.25) is 0 Å². The van der Waals surface area contributed by atoms with Gasteiger partial charge in [-0.05, 0) is 70.2 Å². The molecule has 236 valence electrons. The molecule has 5 N–H and O–H groups in total. The minimum absolute atomic E-state index is 0.00286. The molecule has 13 heteroatoms. The van der Waals surface area contributed by atoms with Crippen LogP contribution in [0.25, 0.3) is 0 Å². The van der Waals surface area contributed by atoms with Crippen molar-refractivity contribution < 1.29 is 23.1 Å². The van der Waals surface area contributed by atoms with Gasteiger partial charge in [0.25, 0.3) is 5.91 Å². The van der Waals surface area contributed by atoms with E-state index < -0.39 is 17.6 Å². The van der Waals surface area contributed by atoms with Crippen LogP contribution in [-0.2, 0) is 12.6 Å². The van der Waals surface area contributed by atoms with Gasteiger partial charge < -0.3 is 31.3 Å². The number of carbonyl (C=O) groups is 1. The molecule has 43 heavy (non-hydrogen) atoms. The maximum absolute atomic E-state index is 14.4. The molecular formula is C30H43F3N8O2. The fourth-order valence-corrected chi connectivity index (χ4v) is 6.42. The molecule has 0 unspecified atom stereocenters. The number of benzene rings is 1. The van der Waals surface area contributed by atoms with Gasteiger partial charge in [0.15, 0.2) is 11.5 Å². The predicted molar refractivity (Wildman–Crippen MR) is 161 cm³/mol. The number of aryl methyl sites for hydroxylation is 1. The number of aromatic nitrogens is 2. The van der Waals surface area contributed by atoms with Crippen LogP contribution in [0.3, 0.4) is 0 Å². The van der Waals surface area contributed by atoms with Crippen LogP contribution >= 0.6 is 0 Å². The molecule has 0 atom stereocenters. The Kier molecular flexibility index (Phi) is 9.62. The average Bonchev–Trinajstić information content (AvgIpc) is 2.98. The lowest BCUT2D eigenvalue weighted by Crippen LogP contribution is -2.52. The maximum Gasteiger partial charge on any atom is 0.418 e. The number of rotatable bonds is 8. The number of hydrogen-bond acceptors (Lipinski definition) is 9. The summed E-state index contributed by atoms with van der Waals surface area (Å²) in [5.74, 6) is -0.378. The van der Waals surface area contributed by atoms with Gasteiger partial charge in [0.1, 0.15) is 5.82 Å². The molecule has 3 heterocycles. The summed E-state index contributed by atoms with van der Waals surface area (Å²) in [6.07, 6.45) is 0.0289. The summed E-state index contributed by atoms with van der Waals surface area (Å²) in [4.78, 5) is 27.9. The van der Waals surface area contributed by atoms with Gasteiger partial charge in [-0.1, -0.05) is 6.92 Å². The molecule has 0 spiro atoms. The van der Waals surface area contributed by atoms with Gasteiger partial charge in [-0.15, -0.1) is 0 Å². The van der Waals surface area contributed by atoms with Crippen LogP contribution in [0.1, 0.15) is 67.2 Å². The van der Waals surface area contributed by atoms with Gasteiger partial charge in [0.05, 0.1) is 17.4 Å². The Morgan fingerprint density at radius 3 is 2.28 bits per heavy atom. The molecule has 1 amide bonds. The van der Waals surface area contributed by atoms with E-state index in [0.717, 1.165) is 57.9 Å². The fourth-order valence-electron chi connectivity index (χ4n) is 6.42. The zero-order valence-electron chi connectivity index (χ0n) is 25.0. The Labute approximate surface area is 250 Å². The van der Waals surface area contributed by atoms with Crippen molar-refractivity contribution in [1.82, 2.24) is 19.8 Å². The van der Waals surface area contributed by atoms with E-state index in [-0.39, 0.29) is 35.0 Å². The molecule has 10 nitrogen and oxygen atoms in total. The summed E-state index contributed by atoms with van der Waals surface area (Å²) in [5, 5.41) is 16.1. The molecule has 2 aliphatic heterocycles. The van der Waals surface area contributed by atoms with Crippen LogP contribution in [0.5, 0.6) is 0 Å². The van der Waals surface area contributed by atoms with E-state index >= 15 is 0 Å². The first kappa shape index (κ1) is 31.3. The smallest absolute Gasteiger partial charge is 0.393 e. The first-order valence-electron chi connectivity index (χ1n) is 15.3. The van der Waals surface area contributed by atoms with Crippen molar-refractivity contribution in [2.24, 2.45) is 5.73 Å². The number of aliphatic hydroxyl groups excluding tert-OH is 1. The van der Waals surface area contributed by atoms with Gasteiger partial charge in [0, 0.05) is 62.7 Å². The molecule has 1 aromatic carbocycles. The lowest BCUT2D eigenvalue weighted by atomic mass is 9.93. The minimum Gasteiger partial charge on any atom is -0.393 e. The number of nitrogens with one attached hydrogen (secondary N) is 2. The summed E-state index contributed by atoms with van der Waals surface area (Å²) >= 11 is 0. The Balaban J connectivity index is 1.36. The van der Waals surface area contributed by atoms with E-state index in [4.69, 9.17) is 5.73 Å². The highest BCUT2D eigenvalue weighted by Crippen LogP contribution is 2.40. The monoisotopic (exact) mass is 604 g/mol. The van der Waals surface area contributed by atoms with E-state index in [9.17, 15) is 23.1 Å². The van der Waals surface area contributed by atoms with E-state index in [0.29, 0.717) is 49.9 Å². The quantitative estimate of drug-likeness (QED) is 0.356. The third kappa shape index (κ3) is 7.50. The van der Waals surface area contributed by atoms with Crippen LogP contribution < -0.4 is 21.3 Å². The van der Waals surface area contributed by atoms with E-state index in [1.54, 1.807) is 6.07 Å². The fraction of sp³-hybridized carbons (Fsp3) is 0.633. The molecule has 1 aliphatic carbocycles. The minimum atomic E-state index is -4.58. The SMILES string of the molecule is CCc1nc(C(N)=O)c(Nc2ccc(N3CCC(N4CCN(C)CC4)CC3)c(C(F)(F)F)c2)nc1N[C@H]1CC[C@H](O)CC1. The molecule has 1 aromatic heterocycles. The van der Waals surface area contributed by atoms with Crippen molar-refractivity contribution in [3.8, 4) is 0 Å². The Morgan fingerprint density at radius 1 is 1.00 bits per heavy atom. The van der Waals surface area contributed by atoms with Crippen molar-refractivity contribution in [3.05, 3.63) is 35.2 Å². The normalized spacial score (nSPS) is 22.9. The second-order valence-corrected chi connectivity index (χ2v) is 12.0. The van der Waals surface area contributed by atoms with Gasteiger partial charge in [-0.3, -0.25) is 9.69 Å². The number of piperidine rings is 1. The number of amides is 1. The van der Waals surface area contributed by atoms with Crippen LogP contribution in [-0.4, -0.2) is 95.3 Å². The van der Waals surface area contributed by atoms with Crippen molar-refractivity contribution in [2.75, 3.05) is 61.8 Å². The largest absolute Gasteiger partial charge is 0.418 e. The highest BCUT2D eigenvalue weighted by Gasteiger charge is 2.37. The molecule has 0 radical (unpaired) electrons. The van der Waals surface area contributed by atoms with Crippen LogP contribution in [0.2, 0.25) is 0 Å². The van der Waals surface area contributed by atoms with Crippen LogP contribution in [0.15, 0.2) is 18.2 Å². The molecule has 3 aliphatic rings. The van der Waals surface area contributed by atoms with Crippen LogP contribution in [0.4, 0.5) is 36.2 Å². The highest BCUT2D eigenvalue weighted by molar-refractivity contribution is 5.96. The standard InChI is InChI=1S/C30H43F3N8O2/c1-3-24-28(35-19-4-7-22(42)8-5-19)38-29(26(37-24)27(34)43)36-20-6-9-25(23(18-20)30(31,32)33)41-12-10-21(11-13-41)40-16-14-39(2)15-17-40/h6,9,18-19,21-22,42H,3-5,7-8,10-17H2,1-2H3,(H2,34,43)(H2,35,36,38)/t19-,22-. The summed E-state index contributed by atoms with van der Waals surface area (Å²) in [6, 6.07) is 4.58. The maximum atomic E-state index is 14.4. The van der Waals surface area contributed by atoms with Crippen molar-refractivity contribution in [2.45, 2.75) is 76.2 Å². The second-order valence-electron chi connectivity index (χ2n) is 12.0. The number of primary amides is 1. The lowest BCUT2D eigenvalue weighted by molar-refractivity contribution is -0.137. The zero-order valence-corrected chi connectivity index (χ0v) is 25.0. The third-order valence-corrected chi connectivity index (χ3v) is 9.00. The predicted octanol–water partition coefficient (Wildman–Crippen LogP) is 3.83. The topological polar surface area (TPSA) is 123 Å². The number of halogens is 3. The van der Waals surface area contributed by atoms with Gasteiger partial charge in [-0.2, -0.15) is 13.2 Å². The summed E-state index contributed by atoms with van der Waals surface area (Å²) in [5.41, 5.74) is 5.56. The number of alkyl halides is 3. The Hall–Kier alpha value is -3.16. The number of aliphatic hydroxyl groups is 1. The van der Waals surface area contributed by atoms with Crippen molar-refractivity contribution in [1.29, 1.82) is 0 Å². The average molecular weight is 605 g/mol. The molecule has 5 rings (SSSR count). The molecule has 2 aromatic rings. The van der Waals surface area contributed by atoms with Gasteiger partial charge >= 0.3 is 6.18 Å². The number of nitrogens with two attached hydrogens (primary N) is 1. The lowest BCUT2D eigenvalue weighted by Gasteiger charge is -2.43. The summed E-state index contributed by atoms with van der Waals surface area (Å²) < 4.78 is 43.2. The van der Waals surface area contributed by atoms with Gasteiger partial charge in [-0.25, -0.2) is 9.97 Å². The van der Waals surface area contributed by atoms with Crippen LogP contribution in [0, 0.1) is 0 Å². The zero-order chi connectivity index (χ0) is 30.7. The second kappa shape index (κ2) is 13.2.